The van der Waals surface area contributed by atoms with Crippen LogP contribution in [0.4, 0.5) is 0 Å². The molecule has 2 heteroatoms. The summed E-state index contributed by atoms with van der Waals surface area (Å²) in [5.74, 6) is 3.62. The number of hydrogen-bond donors (Lipinski definition) is 0. The van der Waals surface area contributed by atoms with Gasteiger partial charge in [0, 0.05) is 17.3 Å². The third kappa shape index (κ3) is 1.95. The van der Waals surface area contributed by atoms with Crippen molar-refractivity contribution in [2.24, 2.45) is 22.7 Å². The molecule has 2 aromatic heterocycles. The molecule has 2 saturated carbocycles. The van der Waals surface area contributed by atoms with Crippen LogP contribution in [0.15, 0.2) is 24.3 Å². The Balaban J connectivity index is 1.40. The summed E-state index contributed by atoms with van der Waals surface area (Å²) in [7, 11) is 0. The number of hydrogen-bond acceptors (Lipinski definition) is 2. The minimum Gasteiger partial charge on any atom is -0.251 e. The monoisotopic (exact) mass is 372 g/mol. The molecule has 4 bridgehead atoms. The van der Waals surface area contributed by atoms with E-state index in [1.807, 2.05) is 0 Å². The highest BCUT2D eigenvalue weighted by Crippen LogP contribution is 2.67. The Labute approximate surface area is 169 Å². The first-order valence-electron chi connectivity index (χ1n) is 11.3. The molecule has 6 aliphatic rings. The van der Waals surface area contributed by atoms with Crippen molar-refractivity contribution < 1.29 is 0 Å². The molecule has 0 amide bonds. The molecule has 8 rings (SSSR count). The van der Waals surface area contributed by atoms with Gasteiger partial charge in [-0.1, -0.05) is 46.8 Å². The lowest BCUT2D eigenvalue weighted by Crippen LogP contribution is -2.50. The summed E-state index contributed by atoms with van der Waals surface area (Å²) < 4.78 is 0. The van der Waals surface area contributed by atoms with Gasteiger partial charge in [-0.2, -0.15) is 0 Å². The van der Waals surface area contributed by atoms with Crippen molar-refractivity contribution >= 4 is 0 Å². The molecule has 2 nitrogen and oxygen atoms in total. The van der Waals surface area contributed by atoms with E-state index in [1.165, 1.54) is 41.8 Å². The van der Waals surface area contributed by atoms with Crippen LogP contribution in [0.1, 0.15) is 94.1 Å². The smallest absolute Gasteiger partial charge is 0.0889 e. The van der Waals surface area contributed by atoms with E-state index < -0.39 is 0 Å². The van der Waals surface area contributed by atoms with Crippen LogP contribution in [0.3, 0.4) is 0 Å². The summed E-state index contributed by atoms with van der Waals surface area (Å²) in [4.78, 5) is 10.4. The van der Waals surface area contributed by atoms with E-state index in [-0.39, 0.29) is 0 Å². The van der Waals surface area contributed by atoms with Crippen LogP contribution in [-0.4, -0.2) is 9.97 Å². The molecule has 28 heavy (non-hydrogen) atoms. The highest BCUT2D eigenvalue weighted by molar-refractivity contribution is 5.58. The summed E-state index contributed by atoms with van der Waals surface area (Å²) in [5.41, 5.74) is 8.80. The number of aromatic nitrogens is 2. The van der Waals surface area contributed by atoms with Gasteiger partial charge in [0.2, 0.25) is 0 Å². The zero-order valence-electron chi connectivity index (χ0n) is 17.9. The van der Waals surface area contributed by atoms with Crippen LogP contribution < -0.4 is 0 Å². The van der Waals surface area contributed by atoms with Crippen LogP contribution in [0.2, 0.25) is 0 Å². The van der Waals surface area contributed by atoms with Gasteiger partial charge in [0.25, 0.3) is 0 Å². The summed E-state index contributed by atoms with van der Waals surface area (Å²) in [6.07, 6.45) is 5.05. The third-order valence-electron chi connectivity index (χ3n) is 9.51. The molecule has 2 aromatic rings. The summed E-state index contributed by atoms with van der Waals surface area (Å²) in [5, 5.41) is 0. The third-order valence-corrected chi connectivity index (χ3v) is 9.51. The van der Waals surface area contributed by atoms with E-state index in [9.17, 15) is 0 Å². The minimum atomic E-state index is 0.439. The maximum atomic E-state index is 5.23. The van der Waals surface area contributed by atoms with Gasteiger partial charge in [-0.25, -0.2) is 0 Å². The van der Waals surface area contributed by atoms with Crippen molar-refractivity contribution in [1.29, 1.82) is 0 Å². The fourth-order valence-electron chi connectivity index (χ4n) is 7.32. The zero-order chi connectivity index (χ0) is 19.4. The molecule has 0 aromatic carbocycles. The SMILES string of the molecule is CC[C@@H]1c2nc(-c3ccc4c(n3)C[C@H]3C[C@@H]4C3(C)C)ccc2[C@@H]2C[C@H]1C2(C)C. The van der Waals surface area contributed by atoms with Gasteiger partial charge in [0.1, 0.15) is 0 Å². The lowest BCUT2D eigenvalue weighted by atomic mass is 9.44. The van der Waals surface area contributed by atoms with E-state index in [2.05, 4.69) is 58.9 Å². The van der Waals surface area contributed by atoms with E-state index in [1.54, 1.807) is 0 Å². The van der Waals surface area contributed by atoms with E-state index in [0.717, 1.165) is 29.6 Å². The molecule has 2 fully saturated rings. The summed E-state index contributed by atoms with van der Waals surface area (Å²) >= 11 is 0. The van der Waals surface area contributed by atoms with Crippen LogP contribution in [-0.2, 0) is 6.42 Å². The van der Waals surface area contributed by atoms with Crippen molar-refractivity contribution in [3.05, 3.63) is 46.8 Å². The van der Waals surface area contributed by atoms with Gasteiger partial charge in [-0.3, -0.25) is 9.97 Å². The number of pyridine rings is 2. The average Bonchev–Trinajstić information content (AvgIpc) is 2.70. The van der Waals surface area contributed by atoms with Gasteiger partial charge >= 0.3 is 0 Å². The lowest BCUT2D eigenvalue weighted by molar-refractivity contribution is -0.00850. The van der Waals surface area contributed by atoms with Gasteiger partial charge < -0.3 is 0 Å². The first-order chi connectivity index (χ1) is 13.3. The normalized spacial score (nSPS) is 35.2. The lowest BCUT2D eigenvalue weighted by Gasteiger charge is -2.60. The Bertz CT molecular complexity index is 986. The molecule has 0 unspecified atom stereocenters. The average molecular weight is 373 g/mol. The Kier molecular flexibility index (Phi) is 3.23. The molecule has 0 saturated heterocycles. The van der Waals surface area contributed by atoms with Gasteiger partial charge in [0.05, 0.1) is 11.4 Å². The fourth-order valence-corrected chi connectivity index (χ4v) is 7.32. The molecule has 0 radical (unpaired) electrons. The summed E-state index contributed by atoms with van der Waals surface area (Å²) in [6, 6.07) is 9.21. The van der Waals surface area contributed by atoms with Crippen LogP contribution >= 0.6 is 0 Å². The largest absolute Gasteiger partial charge is 0.251 e. The molecule has 0 N–H and O–H groups in total. The summed E-state index contributed by atoms with van der Waals surface area (Å²) in [6.45, 7) is 12.1. The predicted octanol–water partition coefficient (Wildman–Crippen LogP) is 6.47. The quantitative estimate of drug-likeness (QED) is 0.604. The van der Waals surface area contributed by atoms with Crippen molar-refractivity contribution in [3.8, 4) is 11.4 Å². The standard InChI is InChI=1S/C26H32N2/c1-6-15-19-13-20(26(19,4)5)17-8-10-22(28-24(15)17)21-9-7-16-18-11-14(25(18,2)3)12-23(16)27-21/h7-10,14-15,18-20H,6,11-13H2,1-5H3/t14-,15+,18+,19-,20+/m1/s1. The molecule has 146 valence electrons. The van der Waals surface area contributed by atoms with Crippen molar-refractivity contribution in [1.82, 2.24) is 9.97 Å². The van der Waals surface area contributed by atoms with Gasteiger partial charge in [0.15, 0.2) is 0 Å². The second-order valence-corrected chi connectivity index (χ2v) is 11.1. The van der Waals surface area contributed by atoms with E-state index in [4.69, 9.17) is 9.97 Å². The van der Waals surface area contributed by atoms with E-state index in [0.29, 0.717) is 28.6 Å². The zero-order valence-corrected chi connectivity index (χ0v) is 17.9. The molecule has 2 heterocycles. The molecule has 5 atom stereocenters. The Morgan fingerprint density at radius 3 is 2.21 bits per heavy atom. The maximum absolute atomic E-state index is 5.23. The molecular weight excluding hydrogens is 340 g/mol. The number of nitrogens with zero attached hydrogens (tertiary/aromatic N) is 2. The topological polar surface area (TPSA) is 25.8 Å². The molecular formula is C26H32N2. The van der Waals surface area contributed by atoms with Crippen LogP contribution in [0.5, 0.6) is 0 Å². The van der Waals surface area contributed by atoms with Gasteiger partial charge in [-0.05, 0) is 83.4 Å². The Morgan fingerprint density at radius 2 is 1.54 bits per heavy atom. The Hall–Kier alpha value is -1.70. The second-order valence-electron chi connectivity index (χ2n) is 11.1. The van der Waals surface area contributed by atoms with Crippen molar-refractivity contribution in [3.63, 3.8) is 0 Å². The Morgan fingerprint density at radius 1 is 0.857 bits per heavy atom. The molecule has 0 spiro atoms. The number of rotatable bonds is 2. The minimum absolute atomic E-state index is 0.439. The first kappa shape index (κ1) is 17.2. The molecule has 6 aliphatic carbocycles. The second kappa shape index (κ2) is 5.26. The maximum Gasteiger partial charge on any atom is 0.0889 e. The van der Waals surface area contributed by atoms with E-state index >= 15 is 0 Å². The predicted molar refractivity (Wildman–Crippen MR) is 113 cm³/mol. The van der Waals surface area contributed by atoms with Crippen molar-refractivity contribution in [2.45, 2.75) is 78.1 Å². The van der Waals surface area contributed by atoms with Gasteiger partial charge in [-0.15, -0.1) is 0 Å². The van der Waals surface area contributed by atoms with Crippen LogP contribution in [0.25, 0.3) is 11.4 Å². The first-order valence-corrected chi connectivity index (χ1v) is 11.3. The fraction of sp³-hybridized carbons (Fsp3) is 0.615. The van der Waals surface area contributed by atoms with Crippen molar-refractivity contribution in [2.75, 3.05) is 0 Å². The highest BCUT2D eigenvalue weighted by Gasteiger charge is 2.57. The van der Waals surface area contributed by atoms with Crippen LogP contribution in [0, 0.1) is 22.7 Å². The molecule has 0 aliphatic heterocycles. The highest BCUT2D eigenvalue weighted by atomic mass is 14.8.